The molecule has 3 nitrogen and oxygen atoms in total. The fourth-order valence-corrected chi connectivity index (χ4v) is 2.09. The minimum absolute atomic E-state index is 0.200. The molecule has 2 aromatic carbocycles. The fraction of sp³-hybridized carbons (Fsp3) is 0.235. The van der Waals surface area contributed by atoms with Gasteiger partial charge in [0.05, 0.1) is 10.6 Å². The van der Waals surface area contributed by atoms with Gasteiger partial charge in [-0.25, -0.2) is 0 Å². The van der Waals surface area contributed by atoms with E-state index in [9.17, 15) is 4.79 Å². The van der Waals surface area contributed by atoms with Gasteiger partial charge in [-0.2, -0.15) is 0 Å². The van der Waals surface area contributed by atoms with Crippen LogP contribution in [0.5, 0.6) is 0 Å². The second-order valence-corrected chi connectivity index (χ2v) is 5.57. The average Bonchev–Trinajstić information content (AvgIpc) is 2.47. The summed E-state index contributed by atoms with van der Waals surface area (Å²) in [6.45, 7) is 5.03. The van der Waals surface area contributed by atoms with Crippen LogP contribution in [0.1, 0.15) is 29.8 Å². The van der Waals surface area contributed by atoms with Gasteiger partial charge >= 0.3 is 0 Å². The number of anilines is 1. The Labute approximate surface area is 130 Å². The molecule has 21 heavy (non-hydrogen) atoms. The highest BCUT2D eigenvalue weighted by Crippen LogP contribution is 2.17. The molecule has 0 saturated carbocycles. The van der Waals surface area contributed by atoms with Crippen molar-refractivity contribution in [2.45, 2.75) is 26.4 Å². The summed E-state index contributed by atoms with van der Waals surface area (Å²) in [5, 5.41) is 6.65. The number of carbonyl (C=O) groups excluding carboxylic acids is 1. The van der Waals surface area contributed by atoms with E-state index in [0.29, 0.717) is 16.6 Å². The first-order chi connectivity index (χ1) is 10.1. The molecule has 4 heteroatoms. The van der Waals surface area contributed by atoms with Crippen LogP contribution in [-0.2, 0) is 6.54 Å². The summed E-state index contributed by atoms with van der Waals surface area (Å²) >= 11 is 6.01. The fourth-order valence-electron chi connectivity index (χ4n) is 1.87. The Bertz CT molecular complexity index is 608. The lowest BCUT2D eigenvalue weighted by Crippen LogP contribution is -2.21. The quantitative estimate of drug-likeness (QED) is 0.873. The predicted molar refractivity (Wildman–Crippen MR) is 87.8 cm³/mol. The normalized spacial score (nSPS) is 10.7. The van der Waals surface area contributed by atoms with Crippen LogP contribution in [0.15, 0.2) is 48.5 Å². The number of carbonyl (C=O) groups is 1. The monoisotopic (exact) mass is 302 g/mol. The summed E-state index contributed by atoms with van der Waals surface area (Å²) < 4.78 is 0. The highest BCUT2D eigenvalue weighted by Gasteiger charge is 2.09. The van der Waals surface area contributed by atoms with Crippen LogP contribution in [0, 0.1) is 0 Å². The molecule has 2 rings (SSSR count). The summed E-state index contributed by atoms with van der Waals surface area (Å²) in [5.74, 6) is -0.200. The molecule has 0 spiro atoms. The Morgan fingerprint density at radius 3 is 2.38 bits per heavy atom. The van der Waals surface area contributed by atoms with E-state index in [2.05, 4.69) is 24.5 Å². The van der Waals surface area contributed by atoms with Gasteiger partial charge in [0.25, 0.3) is 5.91 Å². The number of rotatable bonds is 5. The molecule has 2 N–H and O–H groups in total. The average molecular weight is 303 g/mol. The lowest BCUT2D eigenvalue weighted by atomic mass is 10.1. The number of amides is 1. The molecule has 0 saturated heterocycles. The Morgan fingerprint density at radius 2 is 1.76 bits per heavy atom. The predicted octanol–water partition coefficient (Wildman–Crippen LogP) is 4.09. The molecule has 0 fully saturated rings. The van der Waals surface area contributed by atoms with Crippen LogP contribution < -0.4 is 10.6 Å². The van der Waals surface area contributed by atoms with E-state index < -0.39 is 0 Å². The number of benzene rings is 2. The zero-order valence-electron chi connectivity index (χ0n) is 12.2. The van der Waals surface area contributed by atoms with Crippen LogP contribution in [0.4, 0.5) is 5.69 Å². The van der Waals surface area contributed by atoms with Crippen molar-refractivity contribution in [2.75, 3.05) is 5.32 Å². The van der Waals surface area contributed by atoms with Crippen molar-refractivity contribution in [3.05, 3.63) is 64.7 Å². The maximum absolute atomic E-state index is 12.1. The summed E-state index contributed by atoms with van der Waals surface area (Å²) in [6.07, 6.45) is 0. The van der Waals surface area contributed by atoms with Crippen LogP contribution in [0.25, 0.3) is 0 Å². The van der Waals surface area contributed by atoms with Gasteiger partial charge in [0.15, 0.2) is 0 Å². The van der Waals surface area contributed by atoms with E-state index in [0.717, 1.165) is 12.2 Å². The van der Waals surface area contributed by atoms with Crippen LogP contribution in [-0.4, -0.2) is 11.9 Å². The summed E-state index contributed by atoms with van der Waals surface area (Å²) in [5.41, 5.74) is 2.41. The van der Waals surface area contributed by atoms with Crippen molar-refractivity contribution >= 4 is 23.2 Å². The zero-order chi connectivity index (χ0) is 15.2. The molecule has 0 heterocycles. The van der Waals surface area contributed by atoms with Gasteiger partial charge in [0, 0.05) is 18.3 Å². The van der Waals surface area contributed by atoms with Gasteiger partial charge in [-0.3, -0.25) is 4.79 Å². The van der Waals surface area contributed by atoms with Gasteiger partial charge in [-0.15, -0.1) is 0 Å². The van der Waals surface area contributed by atoms with E-state index >= 15 is 0 Å². The topological polar surface area (TPSA) is 41.1 Å². The SMILES string of the molecule is CC(C)NCc1ccc(NC(=O)c2ccccc2Cl)cc1. The molecular weight excluding hydrogens is 284 g/mol. The van der Waals surface area contributed by atoms with Crippen LogP contribution in [0.3, 0.4) is 0 Å². The van der Waals surface area contributed by atoms with Gasteiger partial charge in [-0.05, 0) is 29.8 Å². The third-order valence-corrected chi connectivity index (χ3v) is 3.37. The lowest BCUT2D eigenvalue weighted by molar-refractivity contribution is 0.102. The Kier molecular flexibility index (Phi) is 5.37. The highest BCUT2D eigenvalue weighted by molar-refractivity contribution is 6.34. The van der Waals surface area contributed by atoms with Gasteiger partial charge < -0.3 is 10.6 Å². The van der Waals surface area contributed by atoms with E-state index in [4.69, 9.17) is 11.6 Å². The van der Waals surface area contributed by atoms with E-state index in [1.165, 1.54) is 5.56 Å². The maximum atomic E-state index is 12.1. The summed E-state index contributed by atoms with van der Waals surface area (Å²) in [4.78, 5) is 12.1. The maximum Gasteiger partial charge on any atom is 0.257 e. The molecule has 0 aromatic heterocycles. The molecule has 0 aliphatic rings. The zero-order valence-corrected chi connectivity index (χ0v) is 12.9. The van der Waals surface area contributed by atoms with Gasteiger partial charge in [-0.1, -0.05) is 49.7 Å². The van der Waals surface area contributed by atoms with Crippen LogP contribution in [0.2, 0.25) is 5.02 Å². The molecule has 110 valence electrons. The smallest absolute Gasteiger partial charge is 0.257 e. The third-order valence-electron chi connectivity index (χ3n) is 3.04. The van der Waals surface area contributed by atoms with E-state index in [1.807, 2.05) is 24.3 Å². The summed E-state index contributed by atoms with van der Waals surface area (Å²) in [6, 6.07) is 15.2. The molecule has 0 unspecified atom stereocenters. The molecule has 2 aromatic rings. The van der Waals surface area contributed by atoms with Crippen LogP contribution >= 0.6 is 11.6 Å². The van der Waals surface area contributed by atoms with Crippen molar-refractivity contribution in [3.63, 3.8) is 0 Å². The van der Waals surface area contributed by atoms with Crippen molar-refractivity contribution in [1.29, 1.82) is 0 Å². The second kappa shape index (κ2) is 7.25. The second-order valence-electron chi connectivity index (χ2n) is 5.17. The van der Waals surface area contributed by atoms with Crippen molar-refractivity contribution < 1.29 is 4.79 Å². The number of halogens is 1. The number of hydrogen-bond donors (Lipinski definition) is 2. The molecular formula is C17H19ClN2O. The Hall–Kier alpha value is -1.84. The lowest BCUT2D eigenvalue weighted by Gasteiger charge is -2.10. The molecule has 0 aliphatic carbocycles. The standard InChI is InChI=1S/C17H19ClN2O/c1-12(2)19-11-13-7-9-14(10-8-13)20-17(21)15-5-3-4-6-16(15)18/h3-10,12,19H,11H2,1-2H3,(H,20,21). The first-order valence-electron chi connectivity index (χ1n) is 6.94. The minimum atomic E-state index is -0.200. The number of hydrogen-bond acceptors (Lipinski definition) is 2. The Morgan fingerprint density at radius 1 is 1.10 bits per heavy atom. The molecule has 0 aliphatic heterocycles. The first kappa shape index (κ1) is 15.5. The molecule has 0 radical (unpaired) electrons. The van der Waals surface area contributed by atoms with Gasteiger partial charge in [0.2, 0.25) is 0 Å². The summed E-state index contributed by atoms with van der Waals surface area (Å²) in [7, 11) is 0. The largest absolute Gasteiger partial charge is 0.322 e. The minimum Gasteiger partial charge on any atom is -0.322 e. The molecule has 0 atom stereocenters. The van der Waals surface area contributed by atoms with Crippen molar-refractivity contribution in [2.24, 2.45) is 0 Å². The van der Waals surface area contributed by atoms with Crippen molar-refractivity contribution in [1.82, 2.24) is 5.32 Å². The first-order valence-corrected chi connectivity index (χ1v) is 7.32. The third kappa shape index (κ3) is 4.59. The Balaban J connectivity index is 2.00. The van der Waals surface area contributed by atoms with E-state index in [-0.39, 0.29) is 5.91 Å². The highest BCUT2D eigenvalue weighted by atomic mass is 35.5. The van der Waals surface area contributed by atoms with E-state index in [1.54, 1.807) is 24.3 Å². The van der Waals surface area contributed by atoms with Gasteiger partial charge in [0.1, 0.15) is 0 Å². The van der Waals surface area contributed by atoms with Crippen molar-refractivity contribution in [3.8, 4) is 0 Å². The number of nitrogens with one attached hydrogen (secondary N) is 2. The molecule has 0 bridgehead atoms. The molecule has 1 amide bonds.